The van der Waals surface area contributed by atoms with Gasteiger partial charge in [-0.3, -0.25) is 14.6 Å². The molecule has 7 heteroatoms. The monoisotopic (exact) mass is 302 g/mol. The maximum absolute atomic E-state index is 12.2. The molecule has 7 nitrogen and oxygen atoms in total. The summed E-state index contributed by atoms with van der Waals surface area (Å²) in [5.41, 5.74) is 0.661. The van der Waals surface area contributed by atoms with Crippen molar-refractivity contribution in [3.63, 3.8) is 0 Å². The molecule has 0 aliphatic heterocycles. The minimum atomic E-state index is -0.357. The first-order valence-electron chi connectivity index (χ1n) is 6.90. The predicted molar refractivity (Wildman–Crippen MR) is 80.5 cm³/mol. The third kappa shape index (κ3) is 3.98. The fourth-order valence-corrected chi connectivity index (χ4v) is 1.88. The number of pyridine rings is 1. The second-order valence-corrected chi connectivity index (χ2v) is 4.72. The van der Waals surface area contributed by atoms with Crippen LogP contribution >= 0.6 is 0 Å². The maximum Gasteiger partial charge on any atom is 0.272 e. The number of nitrogens with zero attached hydrogens (tertiary/aromatic N) is 3. The molecular weight excluding hydrogens is 284 g/mol. The van der Waals surface area contributed by atoms with Gasteiger partial charge in [-0.1, -0.05) is 6.07 Å². The molecule has 1 amide bonds. The Morgan fingerprint density at radius 2 is 2.18 bits per heavy atom. The van der Waals surface area contributed by atoms with E-state index in [2.05, 4.69) is 15.4 Å². The Labute approximate surface area is 128 Å². The highest BCUT2D eigenvalue weighted by atomic mass is 16.5. The number of ether oxygens (including phenoxy) is 1. The van der Waals surface area contributed by atoms with Crippen molar-refractivity contribution in [3.8, 4) is 0 Å². The number of methoxy groups -OCH3 is 1. The van der Waals surface area contributed by atoms with Crippen LogP contribution in [0.5, 0.6) is 0 Å². The van der Waals surface area contributed by atoms with E-state index in [1.54, 1.807) is 6.20 Å². The molecule has 0 aliphatic rings. The largest absolute Gasteiger partial charge is 0.383 e. The molecule has 1 unspecified atom stereocenters. The molecule has 2 heterocycles. The molecule has 0 radical (unpaired) electrons. The SMILES string of the molecule is COCCn1nc(C(=O)NC(C)c2ccccn2)ccc1=O. The lowest BCUT2D eigenvalue weighted by atomic mass is 10.2. The third-order valence-electron chi connectivity index (χ3n) is 3.09. The quantitative estimate of drug-likeness (QED) is 0.852. The summed E-state index contributed by atoms with van der Waals surface area (Å²) >= 11 is 0. The highest BCUT2D eigenvalue weighted by molar-refractivity contribution is 5.92. The number of nitrogens with one attached hydrogen (secondary N) is 1. The lowest BCUT2D eigenvalue weighted by Gasteiger charge is -2.13. The molecule has 0 bridgehead atoms. The summed E-state index contributed by atoms with van der Waals surface area (Å²) in [5.74, 6) is -0.357. The van der Waals surface area contributed by atoms with Gasteiger partial charge in [-0.2, -0.15) is 5.10 Å². The van der Waals surface area contributed by atoms with Gasteiger partial charge in [0.2, 0.25) is 0 Å². The molecule has 0 saturated carbocycles. The van der Waals surface area contributed by atoms with Crippen molar-refractivity contribution in [1.29, 1.82) is 0 Å². The van der Waals surface area contributed by atoms with E-state index in [9.17, 15) is 9.59 Å². The molecule has 2 rings (SSSR count). The van der Waals surface area contributed by atoms with Crippen LogP contribution in [0, 0.1) is 0 Å². The fourth-order valence-electron chi connectivity index (χ4n) is 1.88. The molecule has 0 spiro atoms. The molecule has 2 aromatic heterocycles. The summed E-state index contributed by atoms with van der Waals surface area (Å²) in [6.45, 7) is 2.48. The number of carbonyl (C=O) groups is 1. The van der Waals surface area contributed by atoms with Crippen molar-refractivity contribution >= 4 is 5.91 Å². The van der Waals surface area contributed by atoms with Gasteiger partial charge in [0.1, 0.15) is 5.69 Å². The first-order valence-corrected chi connectivity index (χ1v) is 6.90. The molecule has 0 aromatic carbocycles. The Bertz CT molecular complexity index is 685. The highest BCUT2D eigenvalue weighted by Gasteiger charge is 2.14. The molecule has 116 valence electrons. The van der Waals surface area contributed by atoms with Crippen LogP contribution in [0.25, 0.3) is 0 Å². The fraction of sp³-hybridized carbons (Fsp3) is 0.333. The predicted octanol–water partition coefficient (Wildman–Crippen LogP) is 0.776. The standard InChI is InChI=1S/C15H18N4O3/c1-11(12-5-3-4-8-16-12)17-15(21)13-6-7-14(20)19(18-13)9-10-22-2/h3-8,11H,9-10H2,1-2H3,(H,17,21). The van der Waals surface area contributed by atoms with Gasteiger partial charge < -0.3 is 10.1 Å². The Kier molecular flexibility index (Phi) is 5.37. The Morgan fingerprint density at radius 3 is 2.86 bits per heavy atom. The minimum absolute atomic E-state index is 0.179. The molecule has 1 atom stereocenters. The van der Waals surface area contributed by atoms with Crippen molar-refractivity contribution < 1.29 is 9.53 Å². The van der Waals surface area contributed by atoms with Gasteiger partial charge in [-0.05, 0) is 25.1 Å². The summed E-state index contributed by atoms with van der Waals surface area (Å²) < 4.78 is 6.13. The smallest absolute Gasteiger partial charge is 0.272 e. The van der Waals surface area contributed by atoms with Gasteiger partial charge in [0.15, 0.2) is 0 Å². The van der Waals surface area contributed by atoms with Gasteiger partial charge >= 0.3 is 0 Å². The minimum Gasteiger partial charge on any atom is -0.383 e. The van der Waals surface area contributed by atoms with E-state index < -0.39 is 0 Å². The van der Waals surface area contributed by atoms with Gasteiger partial charge in [0.05, 0.1) is 24.9 Å². The van der Waals surface area contributed by atoms with E-state index in [0.717, 1.165) is 5.69 Å². The van der Waals surface area contributed by atoms with Crippen molar-refractivity contribution in [3.05, 3.63) is 58.3 Å². The molecular formula is C15H18N4O3. The van der Waals surface area contributed by atoms with Crippen LogP contribution in [0.15, 0.2) is 41.3 Å². The van der Waals surface area contributed by atoms with Crippen molar-refractivity contribution in [1.82, 2.24) is 20.1 Å². The third-order valence-corrected chi connectivity index (χ3v) is 3.09. The average Bonchev–Trinajstić information content (AvgIpc) is 2.54. The number of hydrogen-bond acceptors (Lipinski definition) is 5. The van der Waals surface area contributed by atoms with Crippen LogP contribution in [-0.2, 0) is 11.3 Å². The van der Waals surface area contributed by atoms with E-state index in [1.165, 1.54) is 23.9 Å². The Hall–Kier alpha value is -2.54. The average molecular weight is 302 g/mol. The Balaban J connectivity index is 2.11. The Morgan fingerprint density at radius 1 is 1.36 bits per heavy atom. The van der Waals surface area contributed by atoms with Crippen LogP contribution in [-0.4, -0.2) is 34.4 Å². The van der Waals surface area contributed by atoms with Crippen LogP contribution in [0.3, 0.4) is 0 Å². The van der Waals surface area contributed by atoms with Crippen LogP contribution in [0.4, 0.5) is 0 Å². The molecule has 1 N–H and O–H groups in total. The first kappa shape index (κ1) is 15.8. The van der Waals surface area contributed by atoms with Gasteiger partial charge in [-0.15, -0.1) is 0 Å². The lowest BCUT2D eigenvalue weighted by Crippen LogP contribution is -2.32. The van der Waals surface area contributed by atoms with Gasteiger partial charge in [0.25, 0.3) is 11.5 Å². The van der Waals surface area contributed by atoms with Crippen molar-refractivity contribution in [2.24, 2.45) is 0 Å². The summed E-state index contributed by atoms with van der Waals surface area (Å²) in [4.78, 5) is 28.1. The highest BCUT2D eigenvalue weighted by Crippen LogP contribution is 2.08. The zero-order chi connectivity index (χ0) is 15.9. The zero-order valence-corrected chi connectivity index (χ0v) is 12.5. The second kappa shape index (κ2) is 7.46. The van der Waals surface area contributed by atoms with E-state index in [0.29, 0.717) is 13.2 Å². The number of amides is 1. The summed E-state index contributed by atoms with van der Waals surface area (Å²) in [5, 5.41) is 6.85. The number of carbonyl (C=O) groups excluding carboxylic acids is 1. The first-order chi connectivity index (χ1) is 10.6. The van der Waals surface area contributed by atoms with Crippen LogP contribution < -0.4 is 10.9 Å². The normalized spacial score (nSPS) is 11.9. The number of aromatic nitrogens is 3. The van der Waals surface area contributed by atoms with Crippen molar-refractivity contribution in [2.75, 3.05) is 13.7 Å². The van der Waals surface area contributed by atoms with Crippen molar-refractivity contribution in [2.45, 2.75) is 19.5 Å². The number of rotatable bonds is 6. The van der Waals surface area contributed by atoms with E-state index >= 15 is 0 Å². The summed E-state index contributed by atoms with van der Waals surface area (Å²) in [6.07, 6.45) is 1.67. The molecule has 0 saturated heterocycles. The molecule has 22 heavy (non-hydrogen) atoms. The summed E-state index contributed by atoms with van der Waals surface area (Å²) in [6, 6.07) is 7.97. The van der Waals surface area contributed by atoms with Gasteiger partial charge in [-0.25, -0.2) is 4.68 Å². The molecule has 2 aromatic rings. The molecule has 0 aliphatic carbocycles. The van der Waals surface area contributed by atoms with E-state index in [-0.39, 0.29) is 23.2 Å². The lowest BCUT2D eigenvalue weighted by molar-refractivity contribution is 0.0930. The molecule has 0 fully saturated rings. The van der Waals surface area contributed by atoms with Crippen LogP contribution in [0.1, 0.15) is 29.1 Å². The van der Waals surface area contributed by atoms with Gasteiger partial charge in [0, 0.05) is 19.4 Å². The second-order valence-electron chi connectivity index (χ2n) is 4.72. The summed E-state index contributed by atoms with van der Waals surface area (Å²) in [7, 11) is 1.54. The van der Waals surface area contributed by atoms with Crippen LogP contribution in [0.2, 0.25) is 0 Å². The zero-order valence-electron chi connectivity index (χ0n) is 12.5. The maximum atomic E-state index is 12.2. The van der Waals surface area contributed by atoms with E-state index in [4.69, 9.17) is 4.74 Å². The van der Waals surface area contributed by atoms with E-state index in [1.807, 2.05) is 25.1 Å². The number of hydrogen-bond donors (Lipinski definition) is 1. The topological polar surface area (TPSA) is 86.1 Å².